The summed E-state index contributed by atoms with van der Waals surface area (Å²) in [5.74, 6) is -0.0658. The number of rotatable bonds is 5. The Morgan fingerprint density at radius 1 is 1.46 bits per heavy atom. The molecule has 1 N–H and O–H groups in total. The summed E-state index contributed by atoms with van der Waals surface area (Å²) in [6.07, 6.45) is 1.81. The van der Waals surface area contributed by atoms with Gasteiger partial charge in [0.2, 0.25) is 5.89 Å². The number of aryl methyl sites for hydroxylation is 1. The van der Waals surface area contributed by atoms with Crippen molar-refractivity contribution in [2.24, 2.45) is 0 Å². The molecule has 1 unspecified atom stereocenters. The van der Waals surface area contributed by atoms with Crippen LogP contribution in [0.5, 0.6) is 0 Å². The van der Waals surface area contributed by atoms with Crippen LogP contribution in [0.15, 0.2) is 35.0 Å². The molecule has 2 heterocycles. The molecule has 0 aliphatic heterocycles. The van der Waals surface area contributed by atoms with Crippen molar-refractivity contribution in [2.75, 3.05) is 0 Å². The molecule has 9 heteroatoms. The van der Waals surface area contributed by atoms with E-state index in [0.717, 1.165) is 11.3 Å². The van der Waals surface area contributed by atoms with Gasteiger partial charge >= 0.3 is 0 Å². The van der Waals surface area contributed by atoms with E-state index in [4.69, 9.17) is 21.4 Å². The molecule has 2 aromatic heterocycles. The standard InChI is InChI=1S/C17H15ClN6O2/c1-10(20-17(25)16-21-11(2)26-23-16)9-24-6-5-15(22-24)12-3-4-13(8-19)14(18)7-12/h3-7,10H,9H2,1-2H3,(H,20,25). The maximum absolute atomic E-state index is 12.0. The summed E-state index contributed by atoms with van der Waals surface area (Å²) >= 11 is 6.06. The van der Waals surface area contributed by atoms with E-state index in [2.05, 4.69) is 20.6 Å². The zero-order chi connectivity index (χ0) is 18.7. The fourth-order valence-corrected chi connectivity index (χ4v) is 2.61. The van der Waals surface area contributed by atoms with Crippen LogP contribution >= 0.6 is 11.6 Å². The van der Waals surface area contributed by atoms with Gasteiger partial charge in [-0.2, -0.15) is 15.3 Å². The van der Waals surface area contributed by atoms with Crippen LogP contribution in [0.4, 0.5) is 0 Å². The monoisotopic (exact) mass is 370 g/mol. The minimum atomic E-state index is -0.402. The Kier molecular flexibility index (Phi) is 5.00. The van der Waals surface area contributed by atoms with Gasteiger partial charge in [0.05, 0.1) is 22.8 Å². The molecular weight excluding hydrogens is 356 g/mol. The lowest BCUT2D eigenvalue weighted by Crippen LogP contribution is -2.36. The first-order valence-corrected chi connectivity index (χ1v) is 8.18. The van der Waals surface area contributed by atoms with Crippen LogP contribution < -0.4 is 5.32 Å². The van der Waals surface area contributed by atoms with Crippen molar-refractivity contribution in [3.05, 3.63) is 52.8 Å². The van der Waals surface area contributed by atoms with Crippen LogP contribution in [-0.2, 0) is 6.54 Å². The number of hydrogen-bond donors (Lipinski definition) is 1. The van der Waals surface area contributed by atoms with E-state index in [0.29, 0.717) is 23.0 Å². The second-order valence-electron chi connectivity index (χ2n) is 5.74. The average Bonchev–Trinajstić information content (AvgIpc) is 3.24. The molecule has 1 amide bonds. The van der Waals surface area contributed by atoms with Crippen molar-refractivity contribution < 1.29 is 9.32 Å². The van der Waals surface area contributed by atoms with Gasteiger partial charge in [0, 0.05) is 24.7 Å². The molecule has 0 saturated heterocycles. The Morgan fingerprint density at radius 2 is 2.27 bits per heavy atom. The Morgan fingerprint density at radius 3 is 2.92 bits per heavy atom. The van der Waals surface area contributed by atoms with E-state index in [1.165, 1.54) is 0 Å². The van der Waals surface area contributed by atoms with Crippen molar-refractivity contribution in [1.29, 1.82) is 5.26 Å². The summed E-state index contributed by atoms with van der Waals surface area (Å²) < 4.78 is 6.51. The Bertz CT molecular complexity index is 987. The quantitative estimate of drug-likeness (QED) is 0.739. The lowest BCUT2D eigenvalue weighted by atomic mass is 10.1. The first-order chi connectivity index (χ1) is 12.5. The number of benzene rings is 1. The molecular formula is C17H15ClN6O2. The lowest BCUT2D eigenvalue weighted by Gasteiger charge is -2.12. The van der Waals surface area contributed by atoms with Crippen molar-refractivity contribution in [3.63, 3.8) is 0 Å². The molecule has 0 radical (unpaired) electrons. The molecule has 0 bridgehead atoms. The summed E-state index contributed by atoms with van der Waals surface area (Å²) in [6.45, 7) is 3.94. The maximum Gasteiger partial charge on any atom is 0.292 e. The van der Waals surface area contributed by atoms with Gasteiger partial charge in [-0.05, 0) is 25.1 Å². The van der Waals surface area contributed by atoms with Gasteiger partial charge in [-0.25, -0.2) is 0 Å². The Labute approximate surface area is 154 Å². The Hall–Kier alpha value is -3.18. The topological polar surface area (TPSA) is 110 Å². The first-order valence-electron chi connectivity index (χ1n) is 7.81. The second-order valence-corrected chi connectivity index (χ2v) is 6.15. The van der Waals surface area contributed by atoms with Gasteiger partial charge in [0.25, 0.3) is 11.7 Å². The van der Waals surface area contributed by atoms with Crippen molar-refractivity contribution in [1.82, 2.24) is 25.2 Å². The number of nitriles is 1. The summed E-state index contributed by atoms with van der Waals surface area (Å²) in [5.41, 5.74) is 1.96. The predicted octanol–water partition coefficient (Wildman–Crippen LogP) is 2.59. The van der Waals surface area contributed by atoms with Gasteiger partial charge in [-0.15, -0.1) is 0 Å². The molecule has 0 fully saturated rings. The third kappa shape index (κ3) is 3.90. The third-order valence-electron chi connectivity index (χ3n) is 3.60. The first kappa shape index (κ1) is 17.6. The van der Waals surface area contributed by atoms with Crippen LogP contribution in [0.25, 0.3) is 11.3 Å². The lowest BCUT2D eigenvalue weighted by molar-refractivity contribution is 0.0922. The van der Waals surface area contributed by atoms with E-state index in [1.54, 1.807) is 29.8 Å². The predicted molar refractivity (Wildman–Crippen MR) is 93.4 cm³/mol. The zero-order valence-electron chi connectivity index (χ0n) is 14.1. The number of amides is 1. The van der Waals surface area contributed by atoms with Gasteiger partial charge in [-0.1, -0.05) is 22.8 Å². The van der Waals surface area contributed by atoms with Gasteiger partial charge in [0.1, 0.15) is 6.07 Å². The summed E-state index contributed by atoms with van der Waals surface area (Å²) in [6, 6.07) is 8.83. The van der Waals surface area contributed by atoms with Crippen molar-refractivity contribution in [3.8, 4) is 17.3 Å². The zero-order valence-corrected chi connectivity index (χ0v) is 14.9. The maximum atomic E-state index is 12.0. The largest absolute Gasteiger partial charge is 0.345 e. The fourth-order valence-electron chi connectivity index (χ4n) is 2.39. The van der Waals surface area contributed by atoms with E-state index < -0.39 is 5.91 Å². The van der Waals surface area contributed by atoms with E-state index in [-0.39, 0.29) is 11.9 Å². The van der Waals surface area contributed by atoms with Crippen molar-refractivity contribution in [2.45, 2.75) is 26.4 Å². The summed E-state index contributed by atoms with van der Waals surface area (Å²) in [7, 11) is 0. The molecule has 8 nitrogen and oxygen atoms in total. The highest BCUT2D eigenvalue weighted by atomic mass is 35.5. The second kappa shape index (κ2) is 7.37. The van der Waals surface area contributed by atoms with Crippen LogP contribution in [0, 0.1) is 18.3 Å². The van der Waals surface area contributed by atoms with Crippen LogP contribution in [-0.4, -0.2) is 31.9 Å². The number of carbonyl (C=O) groups excluding carboxylic acids is 1. The van der Waals surface area contributed by atoms with Gasteiger partial charge in [0.15, 0.2) is 0 Å². The van der Waals surface area contributed by atoms with Crippen LogP contribution in [0.2, 0.25) is 5.02 Å². The fraction of sp³-hybridized carbons (Fsp3) is 0.235. The number of aromatic nitrogens is 4. The van der Waals surface area contributed by atoms with E-state index >= 15 is 0 Å². The van der Waals surface area contributed by atoms with Crippen LogP contribution in [0.3, 0.4) is 0 Å². The molecule has 1 aromatic carbocycles. The molecule has 3 aromatic rings. The molecule has 3 rings (SSSR count). The Balaban J connectivity index is 1.65. The highest BCUT2D eigenvalue weighted by Gasteiger charge is 2.16. The normalized spacial score (nSPS) is 11.8. The molecule has 0 saturated carbocycles. The summed E-state index contributed by atoms with van der Waals surface area (Å²) in [4.78, 5) is 15.9. The van der Waals surface area contributed by atoms with Gasteiger partial charge < -0.3 is 9.84 Å². The minimum absolute atomic E-state index is 0.00253. The number of nitrogens with zero attached hydrogens (tertiary/aromatic N) is 5. The SMILES string of the molecule is Cc1nc(C(=O)NC(C)Cn2ccc(-c3ccc(C#N)c(Cl)c3)n2)no1. The highest BCUT2D eigenvalue weighted by molar-refractivity contribution is 6.32. The minimum Gasteiger partial charge on any atom is -0.345 e. The average molecular weight is 371 g/mol. The van der Waals surface area contributed by atoms with E-state index in [9.17, 15) is 4.79 Å². The summed E-state index contributed by atoms with van der Waals surface area (Å²) in [5, 5.41) is 20.2. The van der Waals surface area contributed by atoms with E-state index in [1.807, 2.05) is 25.3 Å². The third-order valence-corrected chi connectivity index (χ3v) is 3.91. The number of nitrogens with one attached hydrogen (secondary N) is 1. The van der Waals surface area contributed by atoms with Crippen LogP contribution in [0.1, 0.15) is 29.0 Å². The highest BCUT2D eigenvalue weighted by Crippen LogP contribution is 2.24. The molecule has 0 aliphatic rings. The molecule has 26 heavy (non-hydrogen) atoms. The molecule has 1 atom stereocenters. The smallest absolute Gasteiger partial charge is 0.292 e. The molecule has 0 aliphatic carbocycles. The molecule has 132 valence electrons. The number of halogens is 1. The van der Waals surface area contributed by atoms with Gasteiger partial charge in [-0.3, -0.25) is 9.48 Å². The van der Waals surface area contributed by atoms with Crippen molar-refractivity contribution >= 4 is 17.5 Å². The number of carbonyl (C=O) groups is 1. The molecule has 0 spiro atoms. The number of hydrogen-bond acceptors (Lipinski definition) is 6.